The minimum Gasteiger partial charge on any atom is -0.390 e. The summed E-state index contributed by atoms with van der Waals surface area (Å²) in [4.78, 5) is 24.7. The fourth-order valence-electron chi connectivity index (χ4n) is 3.78. The van der Waals surface area contributed by atoms with E-state index < -0.39 is 24.9 Å². The number of ether oxygens (including phenoxy) is 1. The Kier molecular flexibility index (Phi) is 6.38. The van der Waals surface area contributed by atoms with Crippen LogP contribution in [0.4, 0.5) is 0 Å². The van der Waals surface area contributed by atoms with Gasteiger partial charge in [-0.3, -0.25) is 4.79 Å². The number of hydrogen-bond acceptors (Lipinski definition) is 3. The van der Waals surface area contributed by atoms with Gasteiger partial charge in [-0.2, -0.15) is 0 Å². The summed E-state index contributed by atoms with van der Waals surface area (Å²) in [7, 11) is -2.40. The Bertz CT molecular complexity index is 827. The van der Waals surface area contributed by atoms with Gasteiger partial charge in [-0.15, -0.1) is 0 Å². The number of benzene rings is 3. The van der Waals surface area contributed by atoms with E-state index in [0.717, 1.165) is 15.9 Å². The van der Waals surface area contributed by atoms with Gasteiger partial charge in [0.2, 0.25) is 0 Å². The fourth-order valence-corrected chi connectivity index (χ4v) is 8.60. The summed E-state index contributed by atoms with van der Waals surface area (Å²) in [6.45, 7) is 3.26. The van der Waals surface area contributed by atoms with Gasteiger partial charge < -0.3 is 4.74 Å². The largest absolute Gasteiger partial charge is 0.390 e. The molecule has 0 N–H and O–H groups in total. The molecule has 0 aliphatic rings. The quantitative estimate of drug-likeness (QED) is 0.364. The van der Waals surface area contributed by atoms with Gasteiger partial charge in [0.15, 0.2) is 5.66 Å². The van der Waals surface area contributed by atoms with Crippen molar-refractivity contribution in [3.63, 3.8) is 0 Å². The van der Waals surface area contributed by atoms with Gasteiger partial charge in [-0.1, -0.05) is 61.5 Å². The Morgan fingerprint density at radius 2 is 1.11 bits per heavy atom. The molecule has 0 aromatic heterocycles. The maximum atomic E-state index is 13.1. The van der Waals surface area contributed by atoms with Crippen LogP contribution in [-0.4, -0.2) is 17.6 Å². The lowest BCUT2D eigenvalue weighted by Gasteiger charge is -2.32. The van der Waals surface area contributed by atoms with Crippen molar-refractivity contribution in [3.8, 4) is 0 Å². The van der Waals surface area contributed by atoms with Crippen molar-refractivity contribution >= 4 is 35.1 Å². The van der Waals surface area contributed by atoms with Gasteiger partial charge in [-0.05, 0) is 42.8 Å². The molecule has 0 saturated carbocycles. The van der Waals surface area contributed by atoms with E-state index in [1.165, 1.54) is 6.92 Å². The number of carbonyl (C=O) groups is 2. The molecular weight excluding hydrogens is 367 g/mol. The highest BCUT2D eigenvalue weighted by atomic mass is 31.2. The number of rotatable bonds is 6. The molecule has 0 spiro atoms. The van der Waals surface area contributed by atoms with Crippen LogP contribution >= 0.6 is 7.26 Å². The summed E-state index contributed by atoms with van der Waals surface area (Å²) in [5, 5.41) is 3.29. The van der Waals surface area contributed by atoms with Crippen molar-refractivity contribution in [1.82, 2.24) is 0 Å². The van der Waals surface area contributed by atoms with Crippen LogP contribution in [0, 0.1) is 0 Å². The van der Waals surface area contributed by atoms with E-state index >= 15 is 0 Å². The number of hydrogen-bond donors (Lipinski definition) is 0. The van der Waals surface area contributed by atoms with Crippen LogP contribution in [0.25, 0.3) is 0 Å². The Morgan fingerprint density at radius 3 is 1.39 bits per heavy atom. The monoisotopic (exact) mass is 391 g/mol. The van der Waals surface area contributed by atoms with Gasteiger partial charge in [0.25, 0.3) is 0 Å². The standard InChI is InChI=1S/C24H24O3P/c1-3-23(24(26)27-19(2)25)28(20-13-7-4-8-14-20,21-15-9-5-10-16-21)22-17-11-6-12-18-22/h4-18,23H,3H2,1-2H3/q+1. The second kappa shape index (κ2) is 8.95. The zero-order valence-corrected chi connectivity index (χ0v) is 17.0. The lowest BCUT2D eigenvalue weighted by molar-refractivity contribution is -0.157. The van der Waals surface area contributed by atoms with E-state index in [9.17, 15) is 9.59 Å². The Balaban J connectivity index is 2.36. The van der Waals surface area contributed by atoms with Crippen molar-refractivity contribution < 1.29 is 14.3 Å². The van der Waals surface area contributed by atoms with Gasteiger partial charge in [0.1, 0.15) is 23.2 Å². The predicted octanol–water partition coefficient (Wildman–Crippen LogP) is 3.85. The average Bonchev–Trinajstić information content (AvgIpc) is 2.73. The maximum absolute atomic E-state index is 13.1. The molecular formula is C24H24O3P+. The Labute approximate surface area is 166 Å². The third kappa shape index (κ3) is 3.76. The second-order valence-corrected chi connectivity index (χ2v) is 10.2. The van der Waals surface area contributed by atoms with E-state index in [4.69, 9.17) is 4.74 Å². The lowest BCUT2D eigenvalue weighted by Crippen LogP contribution is -2.43. The summed E-state index contributed by atoms with van der Waals surface area (Å²) in [5.41, 5.74) is -0.455. The smallest absolute Gasteiger partial charge is 0.355 e. The third-order valence-electron chi connectivity index (χ3n) is 4.86. The van der Waals surface area contributed by atoms with E-state index in [0.29, 0.717) is 6.42 Å². The highest BCUT2D eigenvalue weighted by Gasteiger charge is 2.55. The fraction of sp³-hybridized carbons (Fsp3) is 0.167. The van der Waals surface area contributed by atoms with E-state index in [-0.39, 0.29) is 0 Å². The normalized spacial score (nSPS) is 12.2. The molecule has 3 rings (SSSR count). The van der Waals surface area contributed by atoms with E-state index in [1.807, 2.05) is 61.5 Å². The van der Waals surface area contributed by atoms with Crippen LogP contribution in [0.5, 0.6) is 0 Å². The molecule has 3 aromatic carbocycles. The molecule has 4 heteroatoms. The number of carbonyl (C=O) groups excluding carboxylic acids is 2. The molecule has 1 atom stereocenters. The Hall–Kier alpha value is -2.77. The highest BCUT2D eigenvalue weighted by Crippen LogP contribution is 2.61. The van der Waals surface area contributed by atoms with Crippen molar-refractivity contribution in [2.45, 2.75) is 25.9 Å². The van der Waals surface area contributed by atoms with Crippen molar-refractivity contribution in [3.05, 3.63) is 91.0 Å². The summed E-state index contributed by atoms with van der Waals surface area (Å²) in [6.07, 6.45) is 0.568. The third-order valence-corrected chi connectivity index (χ3v) is 9.71. The van der Waals surface area contributed by atoms with E-state index in [1.54, 1.807) is 0 Å². The predicted molar refractivity (Wildman–Crippen MR) is 116 cm³/mol. The van der Waals surface area contributed by atoms with Gasteiger partial charge >= 0.3 is 11.9 Å². The first-order valence-electron chi connectivity index (χ1n) is 9.38. The van der Waals surface area contributed by atoms with Crippen LogP contribution in [0.2, 0.25) is 0 Å². The molecule has 3 nitrogen and oxygen atoms in total. The minimum atomic E-state index is -2.40. The lowest BCUT2D eigenvalue weighted by atomic mass is 10.3. The number of esters is 2. The van der Waals surface area contributed by atoms with Crippen molar-refractivity contribution in [2.24, 2.45) is 0 Å². The topological polar surface area (TPSA) is 43.4 Å². The summed E-state index contributed by atoms with van der Waals surface area (Å²) < 4.78 is 5.12. The first-order chi connectivity index (χ1) is 13.6. The zero-order chi connectivity index (χ0) is 20.0. The van der Waals surface area contributed by atoms with Crippen LogP contribution in [0.1, 0.15) is 20.3 Å². The van der Waals surface area contributed by atoms with Gasteiger partial charge in [0.05, 0.1) is 0 Å². The molecule has 142 valence electrons. The first kappa shape index (κ1) is 20.0. The molecule has 3 aromatic rings. The van der Waals surface area contributed by atoms with E-state index in [2.05, 4.69) is 36.4 Å². The SMILES string of the molecule is CCC(C(=O)OC(C)=O)[P+](c1ccccc1)(c1ccccc1)c1ccccc1. The van der Waals surface area contributed by atoms with Crippen molar-refractivity contribution in [1.29, 1.82) is 0 Å². The molecule has 0 fully saturated rings. The van der Waals surface area contributed by atoms with Gasteiger partial charge in [-0.25, -0.2) is 4.79 Å². The highest BCUT2D eigenvalue weighted by molar-refractivity contribution is 7.96. The molecule has 0 amide bonds. The Morgan fingerprint density at radius 1 is 0.750 bits per heavy atom. The van der Waals surface area contributed by atoms with Gasteiger partial charge in [0, 0.05) is 6.92 Å². The molecule has 0 saturated heterocycles. The molecule has 0 aliphatic heterocycles. The van der Waals surface area contributed by atoms with Crippen LogP contribution in [0.3, 0.4) is 0 Å². The van der Waals surface area contributed by atoms with Crippen LogP contribution < -0.4 is 15.9 Å². The molecule has 1 unspecified atom stereocenters. The minimum absolute atomic E-state index is 0.455. The maximum Gasteiger partial charge on any atom is 0.355 e. The van der Waals surface area contributed by atoms with Crippen LogP contribution in [0.15, 0.2) is 91.0 Å². The molecule has 28 heavy (non-hydrogen) atoms. The first-order valence-corrected chi connectivity index (χ1v) is 11.2. The summed E-state index contributed by atoms with van der Waals surface area (Å²) >= 11 is 0. The second-order valence-electron chi connectivity index (χ2n) is 6.57. The molecule has 0 aliphatic carbocycles. The molecule has 0 heterocycles. The molecule has 0 bridgehead atoms. The summed E-state index contributed by atoms with van der Waals surface area (Å²) in [5.74, 6) is -1.03. The summed E-state index contributed by atoms with van der Waals surface area (Å²) in [6, 6.07) is 30.4. The van der Waals surface area contributed by atoms with Crippen molar-refractivity contribution in [2.75, 3.05) is 0 Å². The van der Waals surface area contributed by atoms with Crippen LogP contribution in [-0.2, 0) is 14.3 Å². The zero-order valence-electron chi connectivity index (χ0n) is 16.1. The molecule has 0 radical (unpaired) electrons. The average molecular weight is 391 g/mol.